The quantitative estimate of drug-likeness (QED) is 0.724. The molecule has 1 aromatic rings. The molecule has 3 N–H and O–H groups in total. The molecule has 1 atom stereocenters. The molecule has 0 saturated heterocycles. The predicted molar refractivity (Wildman–Crippen MR) is 70.5 cm³/mol. The van der Waals surface area contributed by atoms with E-state index in [-0.39, 0.29) is 12.5 Å². The number of pyridine rings is 1. The maximum atomic E-state index is 11.6. The molecule has 1 rings (SSSR count). The van der Waals surface area contributed by atoms with Gasteiger partial charge in [0, 0.05) is 6.20 Å². The van der Waals surface area contributed by atoms with Crippen molar-refractivity contribution in [1.82, 2.24) is 15.6 Å². The molecular weight excluding hydrogens is 246 g/mol. The third-order valence-corrected chi connectivity index (χ3v) is 2.47. The van der Waals surface area contributed by atoms with Gasteiger partial charge in [0.05, 0.1) is 12.2 Å². The van der Waals surface area contributed by atoms with Crippen LogP contribution in [-0.4, -0.2) is 28.1 Å². The van der Waals surface area contributed by atoms with Crippen molar-refractivity contribution in [1.29, 1.82) is 0 Å². The van der Waals surface area contributed by atoms with Crippen LogP contribution >= 0.6 is 0 Å². The van der Waals surface area contributed by atoms with Crippen LogP contribution in [0.25, 0.3) is 0 Å². The van der Waals surface area contributed by atoms with Gasteiger partial charge in [-0.3, -0.25) is 4.98 Å². The van der Waals surface area contributed by atoms with Crippen molar-refractivity contribution in [2.75, 3.05) is 0 Å². The van der Waals surface area contributed by atoms with Gasteiger partial charge in [0.15, 0.2) is 0 Å². The Kier molecular flexibility index (Phi) is 5.78. The SMILES string of the molecule is CC(C)C[C@@H](NC(=O)NCc1ccccn1)C(=O)O. The maximum Gasteiger partial charge on any atom is 0.326 e. The minimum atomic E-state index is -1.03. The summed E-state index contributed by atoms with van der Waals surface area (Å²) in [6.07, 6.45) is 2.03. The Bertz CT molecular complexity index is 420. The third kappa shape index (κ3) is 5.85. The molecule has 0 fully saturated rings. The van der Waals surface area contributed by atoms with Crippen molar-refractivity contribution in [2.24, 2.45) is 5.92 Å². The van der Waals surface area contributed by atoms with Gasteiger partial charge in [0.25, 0.3) is 0 Å². The summed E-state index contributed by atoms with van der Waals surface area (Å²) in [6.45, 7) is 4.08. The Morgan fingerprint density at radius 3 is 2.63 bits per heavy atom. The Balaban J connectivity index is 2.42. The highest BCUT2D eigenvalue weighted by atomic mass is 16.4. The fourth-order valence-corrected chi connectivity index (χ4v) is 1.58. The van der Waals surface area contributed by atoms with Gasteiger partial charge in [-0.1, -0.05) is 19.9 Å². The largest absolute Gasteiger partial charge is 0.480 e. The fraction of sp³-hybridized carbons (Fsp3) is 0.462. The summed E-state index contributed by atoms with van der Waals surface area (Å²) in [5, 5.41) is 14.0. The van der Waals surface area contributed by atoms with Gasteiger partial charge in [0.1, 0.15) is 6.04 Å². The van der Waals surface area contributed by atoms with Crippen LogP contribution in [0.2, 0.25) is 0 Å². The van der Waals surface area contributed by atoms with E-state index in [1.54, 1.807) is 18.3 Å². The van der Waals surface area contributed by atoms with E-state index < -0.39 is 18.0 Å². The third-order valence-electron chi connectivity index (χ3n) is 2.47. The molecule has 2 amide bonds. The summed E-state index contributed by atoms with van der Waals surface area (Å²) < 4.78 is 0. The molecule has 0 aromatic carbocycles. The van der Waals surface area contributed by atoms with Crippen molar-refractivity contribution >= 4 is 12.0 Å². The number of rotatable bonds is 6. The zero-order valence-electron chi connectivity index (χ0n) is 11.1. The molecule has 0 saturated carbocycles. The van der Waals surface area contributed by atoms with Gasteiger partial charge in [-0.05, 0) is 24.5 Å². The number of hydrogen-bond donors (Lipinski definition) is 3. The topological polar surface area (TPSA) is 91.3 Å². The number of aliphatic carboxylic acids is 1. The second-order valence-corrected chi connectivity index (χ2v) is 4.67. The van der Waals surface area contributed by atoms with Gasteiger partial charge < -0.3 is 15.7 Å². The van der Waals surface area contributed by atoms with Gasteiger partial charge in [-0.15, -0.1) is 0 Å². The lowest BCUT2D eigenvalue weighted by Crippen LogP contribution is -2.46. The molecule has 1 heterocycles. The summed E-state index contributed by atoms with van der Waals surface area (Å²) in [7, 11) is 0. The molecule has 1 aromatic heterocycles. The first-order chi connectivity index (χ1) is 8.99. The molecule has 0 radical (unpaired) electrons. The number of urea groups is 1. The average molecular weight is 265 g/mol. The van der Waals surface area contributed by atoms with Crippen LogP contribution < -0.4 is 10.6 Å². The summed E-state index contributed by atoms with van der Waals surface area (Å²) in [6, 6.07) is 4.01. The number of amides is 2. The van der Waals surface area contributed by atoms with Crippen molar-refractivity contribution < 1.29 is 14.7 Å². The summed E-state index contributed by atoms with van der Waals surface area (Å²) in [5.41, 5.74) is 0.716. The number of carboxylic acid groups (broad SMARTS) is 1. The Hall–Kier alpha value is -2.11. The van der Waals surface area contributed by atoms with Gasteiger partial charge >= 0.3 is 12.0 Å². The number of carbonyl (C=O) groups is 2. The van der Waals surface area contributed by atoms with E-state index in [4.69, 9.17) is 5.11 Å². The minimum absolute atomic E-state index is 0.192. The van der Waals surface area contributed by atoms with Crippen LogP contribution in [0.5, 0.6) is 0 Å². The van der Waals surface area contributed by atoms with E-state index in [1.165, 1.54) is 0 Å². The van der Waals surface area contributed by atoms with Crippen molar-refractivity contribution in [3.63, 3.8) is 0 Å². The van der Waals surface area contributed by atoms with Crippen LogP contribution in [0.1, 0.15) is 26.0 Å². The van der Waals surface area contributed by atoms with Gasteiger partial charge in [0.2, 0.25) is 0 Å². The summed E-state index contributed by atoms with van der Waals surface area (Å²) in [4.78, 5) is 26.6. The minimum Gasteiger partial charge on any atom is -0.480 e. The molecule has 0 bridgehead atoms. The highest BCUT2D eigenvalue weighted by Crippen LogP contribution is 2.04. The van der Waals surface area contributed by atoms with E-state index in [2.05, 4.69) is 15.6 Å². The van der Waals surface area contributed by atoms with E-state index in [0.29, 0.717) is 12.1 Å². The Morgan fingerprint density at radius 2 is 2.11 bits per heavy atom. The first-order valence-electron chi connectivity index (χ1n) is 6.16. The van der Waals surface area contributed by atoms with Crippen molar-refractivity contribution in [2.45, 2.75) is 32.9 Å². The van der Waals surface area contributed by atoms with E-state index in [9.17, 15) is 9.59 Å². The number of carboxylic acids is 1. The lowest BCUT2D eigenvalue weighted by Gasteiger charge is -2.16. The number of nitrogens with zero attached hydrogens (tertiary/aromatic N) is 1. The molecule has 0 spiro atoms. The van der Waals surface area contributed by atoms with Crippen LogP contribution in [0.3, 0.4) is 0 Å². The molecule has 0 unspecified atom stereocenters. The van der Waals surface area contributed by atoms with Gasteiger partial charge in [-0.25, -0.2) is 9.59 Å². The Labute approximate surface area is 112 Å². The van der Waals surface area contributed by atoms with E-state index >= 15 is 0 Å². The lowest BCUT2D eigenvalue weighted by molar-refractivity contribution is -0.139. The predicted octanol–water partition coefficient (Wildman–Crippen LogP) is 1.38. The summed E-state index contributed by atoms with van der Waals surface area (Å²) >= 11 is 0. The van der Waals surface area contributed by atoms with E-state index in [1.807, 2.05) is 19.9 Å². The molecule has 0 aliphatic heterocycles. The fourth-order valence-electron chi connectivity index (χ4n) is 1.58. The smallest absolute Gasteiger partial charge is 0.326 e. The zero-order valence-corrected chi connectivity index (χ0v) is 11.1. The molecule has 6 heteroatoms. The average Bonchev–Trinajstić information content (AvgIpc) is 2.36. The van der Waals surface area contributed by atoms with Crippen LogP contribution in [0, 0.1) is 5.92 Å². The summed E-state index contributed by atoms with van der Waals surface area (Å²) in [5.74, 6) is -0.834. The molecule has 0 aliphatic rings. The van der Waals surface area contributed by atoms with Crippen LogP contribution in [-0.2, 0) is 11.3 Å². The molecule has 104 valence electrons. The first kappa shape index (κ1) is 14.9. The highest BCUT2D eigenvalue weighted by Gasteiger charge is 2.20. The number of carbonyl (C=O) groups excluding carboxylic acids is 1. The maximum absolute atomic E-state index is 11.6. The van der Waals surface area contributed by atoms with Crippen molar-refractivity contribution in [3.8, 4) is 0 Å². The molecular formula is C13H19N3O3. The number of nitrogens with one attached hydrogen (secondary N) is 2. The first-order valence-corrected chi connectivity index (χ1v) is 6.16. The molecule has 6 nitrogen and oxygen atoms in total. The highest BCUT2D eigenvalue weighted by molar-refractivity contribution is 5.82. The van der Waals surface area contributed by atoms with Crippen molar-refractivity contribution in [3.05, 3.63) is 30.1 Å². The zero-order chi connectivity index (χ0) is 14.3. The monoisotopic (exact) mass is 265 g/mol. The Morgan fingerprint density at radius 1 is 1.37 bits per heavy atom. The second kappa shape index (κ2) is 7.35. The van der Waals surface area contributed by atoms with Gasteiger partial charge in [-0.2, -0.15) is 0 Å². The lowest BCUT2D eigenvalue weighted by atomic mass is 10.0. The number of aromatic nitrogens is 1. The van der Waals surface area contributed by atoms with Crippen LogP contribution in [0.15, 0.2) is 24.4 Å². The van der Waals surface area contributed by atoms with Crippen LogP contribution in [0.4, 0.5) is 4.79 Å². The molecule has 0 aliphatic carbocycles. The molecule has 19 heavy (non-hydrogen) atoms. The van der Waals surface area contributed by atoms with E-state index in [0.717, 1.165) is 0 Å². The normalized spacial score (nSPS) is 11.9. The standard InChI is InChI=1S/C13H19N3O3/c1-9(2)7-11(12(17)18)16-13(19)15-8-10-5-3-4-6-14-10/h3-6,9,11H,7-8H2,1-2H3,(H,17,18)(H2,15,16,19)/t11-/m1/s1. The number of hydrogen-bond acceptors (Lipinski definition) is 3. The second-order valence-electron chi connectivity index (χ2n) is 4.67.